The highest BCUT2D eigenvalue weighted by Gasteiger charge is 2.25. The van der Waals surface area contributed by atoms with Gasteiger partial charge in [-0.1, -0.05) is 29.8 Å². The molecule has 3 rings (SSSR count). The van der Waals surface area contributed by atoms with Gasteiger partial charge in [-0.05, 0) is 48.4 Å². The van der Waals surface area contributed by atoms with E-state index in [2.05, 4.69) is 10.6 Å². The van der Waals surface area contributed by atoms with Crippen LogP contribution in [0.5, 0.6) is 0 Å². The van der Waals surface area contributed by atoms with Gasteiger partial charge in [0.05, 0.1) is 12.5 Å². The minimum atomic E-state index is -0.338. The molecule has 2 amide bonds. The van der Waals surface area contributed by atoms with Crippen LogP contribution in [0.2, 0.25) is 5.02 Å². The molecule has 0 spiro atoms. The van der Waals surface area contributed by atoms with Gasteiger partial charge in [0.2, 0.25) is 11.8 Å². The number of rotatable bonds is 7. The topological polar surface area (TPSA) is 58.2 Å². The van der Waals surface area contributed by atoms with E-state index in [1.54, 1.807) is 23.5 Å². The van der Waals surface area contributed by atoms with Crippen LogP contribution in [-0.4, -0.2) is 24.4 Å². The second-order valence-electron chi connectivity index (χ2n) is 5.95. The van der Waals surface area contributed by atoms with Crippen molar-refractivity contribution in [1.82, 2.24) is 10.6 Å². The number of hydrogen-bond acceptors (Lipinski definition) is 3. The molecule has 1 fully saturated rings. The summed E-state index contributed by atoms with van der Waals surface area (Å²) in [5.41, 5.74) is 0.896. The Bertz CT molecular complexity index is 696. The number of carbonyl (C=O) groups excluding carboxylic acids is 2. The minimum Gasteiger partial charge on any atom is -0.352 e. The standard InChI is InChI=1S/C18H19ClN2O2S/c19-13-5-3-12(4-6-13)16(10-15-2-1-9-24-15)18(23)20-11-17(22)21-14-7-8-14/h1-6,9,14,16H,7-8,10-11H2,(H,20,23)(H,21,22). The number of nitrogens with one attached hydrogen (secondary N) is 2. The third-order valence-corrected chi connectivity index (χ3v) is 5.09. The van der Waals surface area contributed by atoms with Gasteiger partial charge in [-0.2, -0.15) is 0 Å². The largest absolute Gasteiger partial charge is 0.352 e. The lowest BCUT2D eigenvalue weighted by atomic mass is 9.94. The Kier molecular flexibility index (Phi) is 5.53. The van der Waals surface area contributed by atoms with Gasteiger partial charge in [0.25, 0.3) is 0 Å². The SMILES string of the molecule is O=C(CNC(=O)C(Cc1cccs1)c1ccc(Cl)cc1)NC1CC1. The van der Waals surface area contributed by atoms with Gasteiger partial charge in [0.1, 0.15) is 0 Å². The predicted octanol–water partition coefficient (Wildman–Crippen LogP) is 3.12. The van der Waals surface area contributed by atoms with E-state index in [0.717, 1.165) is 23.3 Å². The lowest BCUT2D eigenvalue weighted by Gasteiger charge is -2.17. The molecule has 1 aromatic carbocycles. The Morgan fingerprint density at radius 3 is 2.58 bits per heavy atom. The maximum atomic E-state index is 12.6. The van der Waals surface area contributed by atoms with Crippen molar-refractivity contribution in [2.24, 2.45) is 0 Å². The normalized spacial score (nSPS) is 14.9. The predicted molar refractivity (Wildman–Crippen MR) is 96.4 cm³/mol. The highest BCUT2D eigenvalue weighted by atomic mass is 35.5. The van der Waals surface area contributed by atoms with E-state index >= 15 is 0 Å². The maximum Gasteiger partial charge on any atom is 0.239 e. The Morgan fingerprint density at radius 1 is 1.21 bits per heavy atom. The molecule has 1 atom stereocenters. The first-order chi connectivity index (χ1) is 11.6. The van der Waals surface area contributed by atoms with Crippen molar-refractivity contribution < 1.29 is 9.59 Å². The van der Waals surface area contributed by atoms with Gasteiger partial charge < -0.3 is 10.6 Å². The van der Waals surface area contributed by atoms with Gasteiger partial charge in [0, 0.05) is 15.9 Å². The van der Waals surface area contributed by atoms with Crippen molar-refractivity contribution >= 4 is 34.8 Å². The molecule has 0 aliphatic heterocycles. The maximum absolute atomic E-state index is 12.6. The number of thiophene rings is 1. The van der Waals surface area contributed by atoms with E-state index in [1.807, 2.05) is 29.6 Å². The highest BCUT2D eigenvalue weighted by Crippen LogP contribution is 2.25. The quantitative estimate of drug-likeness (QED) is 0.795. The van der Waals surface area contributed by atoms with Crippen molar-refractivity contribution in [1.29, 1.82) is 0 Å². The highest BCUT2D eigenvalue weighted by molar-refractivity contribution is 7.09. The molecule has 126 valence electrons. The number of carbonyl (C=O) groups is 2. The number of halogens is 1. The number of hydrogen-bond donors (Lipinski definition) is 2. The summed E-state index contributed by atoms with van der Waals surface area (Å²) >= 11 is 7.57. The molecule has 0 bridgehead atoms. The second kappa shape index (κ2) is 7.81. The van der Waals surface area contributed by atoms with Crippen molar-refractivity contribution in [3.8, 4) is 0 Å². The summed E-state index contributed by atoms with van der Waals surface area (Å²) in [6.45, 7) is 0.0177. The van der Waals surface area contributed by atoms with Crippen molar-refractivity contribution in [2.45, 2.75) is 31.2 Å². The summed E-state index contributed by atoms with van der Waals surface area (Å²) in [7, 11) is 0. The third kappa shape index (κ3) is 4.82. The molecular formula is C18H19ClN2O2S. The van der Waals surface area contributed by atoms with Crippen molar-refractivity contribution in [3.05, 3.63) is 57.2 Å². The van der Waals surface area contributed by atoms with Crippen molar-refractivity contribution in [3.63, 3.8) is 0 Å². The van der Waals surface area contributed by atoms with Crippen LogP contribution in [0.3, 0.4) is 0 Å². The van der Waals surface area contributed by atoms with Gasteiger partial charge in [-0.3, -0.25) is 9.59 Å². The molecular weight excluding hydrogens is 344 g/mol. The summed E-state index contributed by atoms with van der Waals surface area (Å²) in [6, 6.07) is 11.6. The summed E-state index contributed by atoms with van der Waals surface area (Å²) in [5, 5.41) is 8.27. The third-order valence-electron chi connectivity index (χ3n) is 3.94. The fourth-order valence-electron chi connectivity index (χ4n) is 2.48. The van der Waals surface area contributed by atoms with Gasteiger partial charge >= 0.3 is 0 Å². The molecule has 0 radical (unpaired) electrons. The Labute approximate surface area is 150 Å². The Morgan fingerprint density at radius 2 is 1.96 bits per heavy atom. The van der Waals surface area contributed by atoms with E-state index < -0.39 is 0 Å². The van der Waals surface area contributed by atoms with Crippen molar-refractivity contribution in [2.75, 3.05) is 6.54 Å². The molecule has 1 unspecified atom stereocenters. The van der Waals surface area contributed by atoms with Crippen LogP contribution in [0.25, 0.3) is 0 Å². The zero-order chi connectivity index (χ0) is 16.9. The molecule has 6 heteroatoms. The van der Waals surface area contributed by atoms with Gasteiger partial charge in [-0.15, -0.1) is 11.3 Å². The number of amides is 2. The molecule has 24 heavy (non-hydrogen) atoms. The second-order valence-corrected chi connectivity index (χ2v) is 7.42. The molecule has 1 aliphatic rings. The van der Waals surface area contributed by atoms with Crippen LogP contribution in [0.15, 0.2) is 41.8 Å². The fraction of sp³-hybridized carbons (Fsp3) is 0.333. The first kappa shape index (κ1) is 17.0. The first-order valence-corrected chi connectivity index (χ1v) is 9.22. The monoisotopic (exact) mass is 362 g/mol. The molecule has 2 N–H and O–H groups in total. The molecule has 1 heterocycles. The Hall–Kier alpha value is -1.85. The summed E-state index contributed by atoms with van der Waals surface area (Å²) in [4.78, 5) is 25.6. The van der Waals surface area contributed by atoms with E-state index in [9.17, 15) is 9.59 Å². The number of benzene rings is 1. The zero-order valence-corrected chi connectivity index (χ0v) is 14.7. The summed E-state index contributed by atoms with van der Waals surface area (Å²) < 4.78 is 0. The summed E-state index contributed by atoms with van der Waals surface area (Å²) in [5.74, 6) is -0.608. The smallest absolute Gasteiger partial charge is 0.239 e. The van der Waals surface area contributed by atoms with Crippen LogP contribution in [0, 0.1) is 0 Å². The van der Waals surface area contributed by atoms with Crippen LogP contribution < -0.4 is 10.6 Å². The lowest BCUT2D eigenvalue weighted by Crippen LogP contribution is -2.40. The average Bonchev–Trinajstić information content (AvgIpc) is 3.23. The van der Waals surface area contributed by atoms with E-state index in [4.69, 9.17) is 11.6 Å². The van der Waals surface area contributed by atoms with Crippen LogP contribution in [0.1, 0.15) is 29.2 Å². The van der Waals surface area contributed by atoms with E-state index in [1.165, 1.54) is 0 Å². The zero-order valence-electron chi connectivity index (χ0n) is 13.1. The molecule has 1 aliphatic carbocycles. The lowest BCUT2D eigenvalue weighted by molar-refractivity contribution is -0.127. The first-order valence-electron chi connectivity index (χ1n) is 7.97. The van der Waals surface area contributed by atoms with E-state index in [0.29, 0.717) is 17.5 Å². The molecule has 1 saturated carbocycles. The molecule has 0 saturated heterocycles. The van der Waals surface area contributed by atoms with E-state index in [-0.39, 0.29) is 24.3 Å². The average molecular weight is 363 g/mol. The summed E-state index contributed by atoms with van der Waals surface area (Å²) in [6.07, 6.45) is 2.67. The molecule has 2 aromatic rings. The molecule has 1 aromatic heterocycles. The van der Waals surface area contributed by atoms with Gasteiger partial charge in [0.15, 0.2) is 0 Å². The molecule has 4 nitrogen and oxygen atoms in total. The fourth-order valence-corrected chi connectivity index (χ4v) is 3.36. The van der Waals surface area contributed by atoms with Crippen LogP contribution in [-0.2, 0) is 16.0 Å². The van der Waals surface area contributed by atoms with Crippen LogP contribution >= 0.6 is 22.9 Å². The van der Waals surface area contributed by atoms with Crippen LogP contribution in [0.4, 0.5) is 0 Å². The Balaban J connectivity index is 1.66. The minimum absolute atomic E-state index is 0.0177. The van der Waals surface area contributed by atoms with Gasteiger partial charge in [-0.25, -0.2) is 0 Å².